The van der Waals surface area contributed by atoms with Crippen LogP contribution in [0.3, 0.4) is 0 Å². The Bertz CT molecular complexity index is 769. The number of aromatic nitrogens is 1. The van der Waals surface area contributed by atoms with Crippen LogP contribution < -0.4 is 15.0 Å². The highest BCUT2D eigenvalue weighted by Crippen LogP contribution is 2.28. The van der Waals surface area contributed by atoms with Crippen molar-refractivity contribution in [2.45, 2.75) is 20.4 Å². The zero-order chi connectivity index (χ0) is 19.1. The van der Waals surface area contributed by atoms with Gasteiger partial charge in [0.1, 0.15) is 5.75 Å². The van der Waals surface area contributed by atoms with Crippen molar-refractivity contribution in [3.05, 3.63) is 53.9 Å². The molecule has 6 heteroatoms. The van der Waals surface area contributed by atoms with Gasteiger partial charge in [-0.2, -0.15) is 0 Å². The van der Waals surface area contributed by atoms with Crippen molar-refractivity contribution in [3.8, 4) is 5.75 Å². The fourth-order valence-corrected chi connectivity index (χ4v) is 3.32. The maximum atomic E-state index is 5.51. The average Bonchev–Trinajstić information content (AvgIpc) is 2.71. The SMILES string of the molecule is CCNC(=NCc1cccc(C)n1)N1CCN(c2ccccc2OC)CC1. The van der Waals surface area contributed by atoms with E-state index in [1.165, 1.54) is 0 Å². The summed E-state index contributed by atoms with van der Waals surface area (Å²) in [5, 5.41) is 3.42. The van der Waals surface area contributed by atoms with E-state index in [0.717, 1.165) is 61.5 Å². The molecule has 0 amide bonds. The van der Waals surface area contributed by atoms with Crippen LogP contribution >= 0.6 is 0 Å². The predicted octanol–water partition coefficient (Wildman–Crippen LogP) is 2.69. The number of rotatable bonds is 5. The molecule has 0 radical (unpaired) electrons. The molecule has 1 saturated heterocycles. The largest absolute Gasteiger partial charge is 0.495 e. The van der Waals surface area contributed by atoms with Gasteiger partial charge in [0.15, 0.2) is 5.96 Å². The average molecular weight is 367 g/mol. The number of piperazine rings is 1. The summed E-state index contributed by atoms with van der Waals surface area (Å²) in [6.45, 7) is 9.28. The molecule has 27 heavy (non-hydrogen) atoms. The van der Waals surface area contributed by atoms with Gasteiger partial charge in [-0.3, -0.25) is 4.98 Å². The van der Waals surface area contributed by atoms with Crippen LogP contribution in [-0.2, 0) is 6.54 Å². The van der Waals surface area contributed by atoms with Crippen LogP contribution in [-0.4, -0.2) is 55.7 Å². The second-order valence-electron chi connectivity index (χ2n) is 6.59. The van der Waals surface area contributed by atoms with Crippen LogP contribution in [0.2, 0.25) is 0 Å². The van der Waals surface area contributed by atoms with E-state index in [1.54, 1.807) is 7.11 Å². The third kappa shape index (κ3) is 4.90. The van der Waals surface area contributed by atoms with Gasteiger partial charge in [0, 0.05) is 38.4 Å². The fourth-order valence-electron chi connectivity index (χ4n) is 3.32. The number of aliphatic imine (C=N–C) groups is 1. The van der Waals surface area contributed by atoms with Gasteiger partial charge >= 0.3 is 0 Å². The van der Waals surface area contributed by atoms with E-state index in [-0.39, 0.29) is 0 Å². The molecule has 1 fully saturated rings. The number of benzene rings is 1. The molecular formula is C21H29N5O. The molecule has 0 saturated carbocycles. The lowest BCUT2D eigenvalue weighted by atomic mass is 10.2. The lowest BCUT2D eigenvalue weighted by molar-refractivity contribution is 0.367. The van der Waals surface area contributed by atoms with Gasteiger partial charge in [0.05, 0.1) is 25.0 Å². The normalized spacial score (nSPS) is 15.0. The van der Waals surface area contributed by atoms with Gasteiger partial charge in [-0.25, -0.2) is 4.99 Å². The van der Waals surface area contributed by atoms with Crippen molar-refractivity contribution >= 4 is 11.6 Å². The van der Waals surface area contributed by atoms with Crippen LogP contribution in [0.4, 0.5) is 5.69 Å². The van der Waals surface area contributed by atoms with Gasteiger partial charge in [-0.1, -0.05) is 18.2 Å². The summed E-state index contributed by atoms with van der Waals surface area (Å²) < 4.78 is 5.51. The van der Waals surface area contributed by atoms with Crippen LogP contribution in [0.5, 0.6) is 5.75 Å². The molecule has 0 unspecified atom stereocenters. The highest BCUT2D eigenvalue weighted by atomic mass is 16.5. The van der Waals surface area contributed by atoms with Crippen LogP contribution in [0.1, 0.15) is 18.3 Å². The number of hydrogen-bond donors (Lipinski definition) is 1. The number of anilines is 1. The molecule has 2 aromatic rings. The number of nitrogens with zero attached hydrogens (tertiary/aromatic N) is 4. The van der Waals surface area contributed by atoms with Crippen molar-refractivity contribution in [1.82, 2.24) is 15.2 Å². The summed E-state index contributed by atoms with van der Waals surface area (Å²) >= 11 is 0. The summed E-state index contributed by atoms with van der Waals surface area (Å²) in [6, 6.07) is 14.3. The van der Waals surface area contributed by atoms with E-state index < -0.39 is 0 Å². The fraction of sp³-hybridized carbons (Fsp3) is 0.429. The van der Waals surface area contributed by atoms with Crippen molar-refractivity contribution < 1.29 is 4.74 Å². The second kappa shape index (κ2) is 9.26. The van der Waals surface area contributed by atoms with Gasteiger partial charge in [-0.05, 0) is 38.1 Å². The number of hydrogen-bond acceptors (Lipinski definition) is 4. The number of nitrogens with one attached hydrogen (secondary N) is 1. The standard InChI is InChI=1S/C21H29N5O/c1-4-22-21(23-16-18-9-7-8-17(2)24-18)26-14-12-25(13-15-26)19-10-5-6-11-20(19)27-3/h5-11H,4,12-16H2,1-3H3,(H,22,23). The maximum absolute atomic E-state index is 5.51. The molecule has 3 rings (SSSR count). The van der Waals surface area contributed by atoms with Crippen molar-refractivity contribution in [3.63, 3.8) is 0 Å². The second-order valence-corrected chi connectivity index (χ2v) is 6.59. The Hall–Kier alpha value is -2.76. The van der Waals surface area contributed by atoms with E-state index in [4.69, 9.17) is 9.73 Å². The smallest absolute Gasteiger partial charge is 0.194 e. The van der Waals surface area contributed by atoms with Gasteiger partial charge in [0.2, 0.25) is 0 Å². The minimum atomic E-state index is 0.594. The third-order valence-corrected chi connectivity index (χ3v) is 4.68. The van der Waals surface area contributed by atoms with E-state index in [2.05, 4.69) is 39.2 Å². The first-order valence-corrected chi connectivity index (χ1v) is 9.55. The molecule has 2 heterocycles. The molecule has 0 spiro atoms. The summed E-state index contributed by atoms with van der Waals surface area (Å²) in [5.74, 6) is 1.89. The van der Waals surface area contributed by atoms with Gasteiger partial charge in [-0.15, -0.1) is 0 Å². The maximum Gasteiger partial charge on any atom is 0.194 e. The number of pyridine rings is 1. The van der Waals surface area contributed by atoms with E-state index in [0.29, 0.717) is 6.54 Å². The number of ether oxygens (including phenoxy) is 1. The first-order chi connectivity index (χ1) is 13.2. The van der Waals surface area contributed by atoms with Crippen LogP contribution in [0, 0.1) is 6.92 Å². The Morgan fingerprint density at radius 2 is 1.89 bits per heavy atom. The lowest BCUT2D eigenvalue weighted by Gasteiger charge is -2.38. The Labute approximate surface area is 161 Å². The molecule has 0 atom stereocenters. The predicted molar refractivity (Wildman–Crippen MR) is 111 cm³/mol. The van der Waals surface area contributed by atoms with E-state index in [1.807, 2.05) is 37.3 Å². The molecule has 0 bridgehead atoms. The molecule has 1 N–H and O–H groups in total. The Morgan fingerprint density at radius 1 is 1.11 bits per heavy atom. The number of aryl methyl sites for hydroxylation is 1. The first-order valence-electron chi connectivity index (χ1n) is 9.55. The zero-order valence-electron chi connectivity index (χ0n) is 16.5. The monoisotopic (exact) mass is 367 g/mol. The zero-order valence-corrected chi connectivity index (χ0v) is 16.5. The van der Waals surface area contributed by atoms with Gasteiger partial charge < -0.3 is 19.9 Å². The molecule has 0 aliphatic carbocycles. The van der Waals surface area contributed by atoms with E-state index >= 15 is 0 Å². The molecule has 1 aromatic heterocycles. The number of guanidine groups is 1. The first kappa shape index (κ1) is 19.0. The Balaban J connectivity index is 1.65. The Kier molecular flexibility index (Phi) is 6.52. The molecular weight excluding hydrogens is 338 g/mol. The number of methoxy groups -OCH3 is 1. The Morgan fingerprint density at radius 3 is 2.59 bits per heavy atom. The summed E-state index contributed by atoms with van der Waals surface area (Å²) in [7, 11) is 1.73. The highest BCUT2D eigenvalue weighted by Gasteiger charge is 2.21. The minimum Gasteiger partial charge on any atom is -0.495 e. The molecule has 1 aliphatic rings. The van der Waals surface area contributed by atoms with Gasteiger partial charge in [0.25, 0.3) is 0 Å². The third-order valence-electron chi connectivity index (χ3n) is 4.68. The highest BCUT2D eigenvalue weighted by molar-refractivity contribution is 5.80. The molecule has 144 valence electrons. The quantitative estimate of drug-likeness (QED) is 0.650. The topological polar surface area (TPSA) is 53.0 Å². The minimum absolute atomic E-state index is 0.594. The summed E-state index contributed by atoms with van der Waals surface area (Å²) in [5.41, 5.74) is 3.18. The number of para-hydroxylation sites is 2. The molecule has 1 aromatic carbocycles. The van der Waals surface area contributed by atoms with Crippen LogP contribution in [0.15, 0.2) is 47.5 Å². The summed E-state index contributed by atoms with van der Waals surface area (Å²) in [6.07, 6.45) is 0. The lowest BCUT2D eigenvalue weighted by Crippen LogP contribution is -2.52. The van der Waals surface area contributed by atoms with Crippen LogP contribution in [0.25, 0.3) is 0 Å². The van der Waals surface area contributed by atoms with Crippen molar-refractivity contribution in [1.29, 1.82) is 0 Å². The van der Waals surface area contributed by atoms with Crippen molar-refractivity contribution in [2.75, 3.05) is 44.7 Å². The van der Waals surface area contributed by atoms with E-state index in [9.17, 15) is 0 Å². The molecule has 6 nitrogen and oxygen atoms in total. The van der Waals surface area contributed by atoms with Crippen molar-refractivity contribution in [2.24, 2.45) is 4.99 Å². The summed E-state index contributed by atoms with van der Waals surface area (Å²) in [4.78, 5) is 14.1. The molecule has 1 aliphatic heterocycles.